The Morgan fingerprint density at radius 3 is 2.71 bits per heavy atom. The highest BCUT2D eigenvalue weighted by molar-refractivity contribution is 7.89. The van der Waals surface area contributed by atoms with E-state index in [1.54, 1.807) is 0 Å². The minimum absolute atomic E-state index is 0.0147. The average molecular weight is 283 g/mol. The molecule has 0 amide bonds. The molecule has 0 aliphatic rings. The zero-order valence-corrected chi connectivity index (χ0v) is 10.5. The first-order chi connectivity index (χ1) is 7.77. The summed E-state index contributed by atoms with van der Waals surface area (Å²) in [5.74, 6) is -1.06. The number of aliphatic hydroxyl groups is 1. The predicted octanol–water partition coefficient (Wildman–Crippen LogP) is 0.720. The topological polar surface area (TPSA) is 92.4 Å². The molecule has 1 aromatic rings. The van der Waals surface area contributed by atoms with Crippen molar-refractivity contribution in [2.24, 2.45) is 0 Å². The van der Waals surface area contributed by atoms with Gasteiger partial charge in [0.05, 0.1) is 12.3 Å². The van der Waals surface area contributed by atoms with Crippen LogP contribution in [0.25, 0.3) is 0 Å². The van der Waals surface area contributed by atoms with E-state index >= 15 is 0 Å². The molecule has 0 unspecified atom stereocenters. The van der Waals surface area contributed by atoms with Crippen molar-refractivity contribution in [3.05, 3.63) is 23.0 Å². The van der Waals surface area contributed by atoms with Crippen LogP contribution in [0.4, 0.5) is 10.1 Å². The van der Waals surface area contributed by atoms with E-state index in [0.717, 1.165) is 12.1 Å². The Morgan fingerprint density at radius 1 is 1.59 bits per heavy atom. The Balaban J connectivity index is 3.24. The fraction of sp³-hybridized carbons (Fsp3) is 0.333. The zero-order chi connectivity index (χ0) is 13.2. The highest BCUT2D eigenvalue weighted by atomic mass is 35.5. The van der Waals surface area contributed by atoms with E-state index < -0.39 is 33.4 Å². The van der Waals surface area contributed by atoms with Crippen LogP contribution in [0.3, 0.4) is 0 Å². The van der Waals surface area contributed by atoms with Crippen LogP contribution in [0.2, 0.25) is 5.02 Å². The Hall–Kier alpha value is -0.890. The molecule has 1 aromatic carbocycles. The van der Waals surface area contributed by atoms with Gasteiger partial charge in [0.2, 0.25) is 10.0 Å². The molecule has 1 atom stereocenters. The lowest BCUT2D eigenvalue weighted by molar-refractivity contribution is 0.265. The third-order valence-electron chi connectivity index (χ3n) is 1.95. The number of hydrogen-bond acceptors (Lipinski definition) is 4. The molecular weight excluding hydrogens is 271 g/mol. The maximum absolute atomic E-state index is 13.6. The molecule has 5 nitrogen and oxygen atoms in total. The SMILES string of the molecule is C[C@H](CO)NS(=O)(=O)c1cc(Cl)cc(N)c1F. The van der Waals surface area contributed by atoms with E-state index in [9.17, 15) is 12.8 Å². The number of nitrogens with two attached hydrogens (primary N) is 1. The zero-order valence-electron chi connectivity index (χ0n) is 8.94. The van der Waals surface area contributed by atoms with E-state index in [1.165, 1.54) is 6.92 Å². The minimum Gasteiger partial charge on any atom is -0.396 e. The molecule has 0 aliphatic carbocycles. The van der Waals surface area contributed by atoms with Gasteiger partial charge in [0.25, 0.3) is 0 Å². The van der Waals surface area contributed by atoms with Crippen molar-refractivity contribution in [3.63, 3.8) is 0 Å². The first-order valence-corrected chi connectivity index (χ1v) is 6.51. The van der Waals surface area contributed by atoms with Crippen molar-refractivity contribution in [1.29, 1.82) is 0 Å². The Kier molecular flexibility index (Phi) is 4.31. The second-order valence-corrected chi connectivity index (χ2v) is 5.63. The van der Waals surface area contributed by atoms with Crippen molar-refractivity contribution in [1.82, 2.24) is 4.72 Å². The lowest BCUT2D eigenvalue weighted by atomic mass is 10.3. The third-order valence-corrected chi connectivity index (χ3v) is 3.76. The summed E-state index contributed by atoms with van der Waals surface area (Å²) in [6.07, 6.45) is 0. The molecule has 0 spiro atoms. The van der Waals surface area contributed by atoms with Gasteiger partial charge in [-0.05, 0) is 19.1 Å². The maximum Gasteiger partial charge on any atom is 0.243 e. The Bertz CT molecular complexity index is 521. The second kappa shape index (κ2) is 5.18. The van der Waals surface area contributed by atoms with Crippen molar-refractivity contribution < 1.29 is 17.9 Å². The largest absolute Gasteiger partial charge is 0.396 e. The summed E-state index contributed by atoms with van der Waals surface area (Å²) in [4.78, 5) is -0.636. The van der Waals surface area contributed by atoms with Crippen molar-refractivity contribution in [3.8, 4) is 0 Å². The summed E-state index contributed by atoms with van der Waals surface area (Å²) in [5, 5.41) is 8.77. The van der Waals surface area contributed by atoms with Gasteiger partial charge in [0, 0.05) is 11.1 Å². The number of anilines is 1. The number of aliphatic hydroxyl groups excluding tert-OH is 1. The molecule has 0 bridgehead atoms. The monoisotopic (exact) mass is 282 g/mol. The molecule has 4 N–H and O–H groups in total. The summed E-state index contributed by atoms with van der Waals surface area (Å²) in [6.45, 7) is 1.03. The molecule has 0 heterocycles. The van der Waals surface area contributed by atoms with Gasteiger partial charge in [-0.3, -0.25) is 0 Å². The van der Waals surface area contributed by atoms with Gasteiger partial charge in [-0.15, -0.1) is 0 Å². The summed E-state index contributed by atoms with van der Waals surface area (Å²) >= 11 is 5.61. The molecule has 0 saturated heterocycles. The second-order valence-electron chi connectivity index (χ2n) is 3.51. The van der Waals surface area contributed by atoms with Crippen LogP contribution in [0.1, 0.15) is 6.92 Å². The van der Waals surface area contributed by atoms with Crippen LogP contribution < -0.4 is 10.5 Å². The van der Waals surface area contributed by atoms with Crippen LogP contribution in [0.5, 0.6) is 0 Å². The van der Waals surface area contributed by atoms with Crippen LogP contribution in [0, 0.1) is 5.82 Å². The van der Waals surface area contributed by atoms with Crippen molar-refractivity contribution in [2.45, 2.75) is 17.9 Å². The number of rotatable bonds is 4. The van der Waals surface area contributed by atoms with E-state index in [1.807, 2.05) is 0 Å². The van der Waals surface area contributed by atoms with E-state index in [0.29, 0.717) is 0 Å². The summed E-state index contributed by atoms with van der Waals surface area (Å²) < 4.78 is 39.2. The van der Waals surface area contributed by atoms with Crippen LogP contribution in [-0.4, -0.2) is 26.2 Å². The molecule has 17 heavy (non-hydrogen) atoms. The highest BCUT2D eigenvalue weighted by Gasteiger charge is 2.23. The number of nitrogens with one attached hydrogen (secondary N) is 1. The van der Waals surface area contributed by atoms with E-state index in [2.05, 4.69) is 4.72 Å². The number of hydrogen-bond donors (Lipinski definition) is 3. The molecule has 0 aliphatic heterocycles. The van der Waals surface area contributed by atoms with E-state index in [-0.39, 0.29) is 10.7 Å². The molecule has 96 valence electrons. The number of sulfonamides is 1. The third kappa shape index (κ3) is 3.29. The quantitative estimate of drug-likeness (QED) is 0.710. The number of benzene rings is 1. The number of halogens is 2. The lowest BCUT2D eigenvalue weighted by Gasteiger charge is -2.13. The van der Waals surface area contributed by atoms with Crippen molar-refractivity contribution in [2.75, 3.05) is 12.3 Å². The lowest BCUT2D eigenvalue weighted by Crippen LogP contribution is -2.35. The van der Waals surface area contributed by atoms with Gasteiger partial charge >= 0.3 is 0 Å². The Morgan fingerprint density at radius 2 is 2.18 bits per heavy atom. The molecule has 8 heteroatoms. The normalized spacial score (nSPS) is 13.6. The van der Waals surface area contributed by atoms with Gasteiger partial charge in [-0.25, -0.2) is 17.5 Å². The van der Waals surface area contributed by atoms with Gasteiger partial charge in [-0.1, -0.05) is 11.6 Å². The molecule has 0 fully saturated rings. The van der Waals surface area contributed by atoms with E-state index in [4.69, 9.17) is 22.4 Å². The van der Waals surface area contributed by atoms with Gasteiger partial charge < -0.3 is 10.8 Å². The molecule has 0 saturated carbocycles. The molecule has 1 rings (SSSR count). The van der Waals surface area contributed by atoms with Crippen LogP contribution >= 0.6 is 11.6 Å². The minimum atomic E-state index is -4.10. The molecular formula is C9H12ClFN2O3S. The smallest absolute Gasteiger partial charge is 0.243 e. The summed E-state index contributed by atoms with van der Waals surface area (Å²) in [7, 11) is -4.10. The molecule has 0 radical (unpaired) electrons. The Labute approximate surface area is 103 Å². The van der Waals surface area contributed by atoms with Gasteiger partial charge in [0.15, 0.2) is 5.82 Å². The summed E-state index contributed by atoms with van der Waals surface area (Å²) in [6, 6.07) is 1.34. The maximum atomic E-state index is 13.6. The van der Waals surface area contributed by atoms with Crippen LogP contribution in [-0.2, 0) is 10.0 Å². The predicted molar refractivity (Wildman–Crippen MR) is 62.7 cm³/mol. The fourth-order valence-electron chi connectivity index (χ4n) is 1.15. The van der Waals surface area contributed by atoms with Gasteiger partial charge in [-0.2, -0.15) is 0 Å². The van der Waals surface area contributed by atoms with Crippen molar-refractivity contribution >= 4 is 27.3 Å². The van der Waals surface area contributed by atoms with Gasteiger partial charge in [0.1, 0.15) is 4.90 Å². The average Bonchev–Trinajstić information content (AvgIpc) is 2.22. The highest BCUT2D eigenvalue weighted by Crippen LogP contribution is 2.25. The first-order valence-electron chi connectivity index (χ1n) is 4.65. The van der Waals surface area contributed by atoms with Crippen LogP contribution in [0.15, 0.2) is 17.0 Å². The molecule has 0 aromatic heterocycles. The summed E-state index contributed by atoms with van der Waals surface area (Å²) in [5.41, 5.74) is 4.93. The fourth-order valence-corrected chi connectivity index (χ4v) is 2.80. The standard InChI is InChI=1S/C9H12ClFN2O3S/c1-5(4-14)13-17(15,16)8-3-6(10)2-7(12)9(8)11/h2-3,5,13-14H,4,12H2,1H3/t5-/m1/s1. The first kappa shape index (κ1) is 14.2. The number of nitrogen functional groups attached to an aromatic ring is 1.